The summed E-state index contributed by atoms with van der Waals surface area (Å²) in [5.41, 5.74) is 0. The number of rotatable bonds is 57. The van der Waals surface area contributed by atoms with Crippen molar-refractivity contribution in [1.29, 1.82) is 0 Å². The van der Waals surface area contributed by atoms with Gasteiger partial charge in [0.2, 0.25) is 5.91 Å². The van der Waals surface area contributed by atoms with Gasteiger partial charge in [-0.15, -0.1) is 0 Å². The van der Waals surface area contributed by atoms with E-state index in [2.05, 4.69) is 55.6 Å². The van der Waals surface area contributed by atoms with E-state index in [-0.39, 0.29) is 12.5 Å². The Balaban J connectivity index is 3.84. The Morgan fingerprint density at radius 1 is 0.486 bits per heavy atom. The van der Waals surface area contributed by atoms with Gasteiger partial charge in [-0.2, -0.15) is 0 Å². The molecule has 1 amide bonds. The van der Waals surface area contributed by atoms with Crippen molar-refractivity contribution in [3.63, 3.8) is 0 Å². The Hall–Kier alpha value is -1.54. The number of hydrogen-bond acceptors (Lipinski definition) is 6. The van der Waals surface area contributed by atoms with Crippen LogP contribution in [-0.4, -0.2) is 68.5 Å². The van der Waals surface area contributed by atoms with Crippen molar-refractivity contribution >= 4 is 13.7 Å². The zero-order valence-electron chi connectivity index (χ0n) is 48.4. The predicted octanol–water partition coefficient (Wildman–Crippen LogP) is 18.5. The van der Waals surface area contributed by atoms with Crippen LogP contribution >= 0.6 is 7.82 Å². The van der Waals surface area contributed by atoms with Gasteiger partial charge in [0.25, 0.3) is 7.82 Å². The fourth-order valence-corrected chi connectivity index (χ4v) is 9.87. The zero-order valence-corrected chi connectivity index (χ0v) is 49.3. The van der Waals surface area contributed by atoms with Crippen molar-refractivity contribution in [2.45, 2.75) is 309 Å². The maximum absolute atomic E-state index is 12.9. The minimum Gasteiger partial charge on any atom is -0.756 e. The first-order valence-corrected chi connectivity index (χ1v) is 32.5. The molecule has 0 bridgehead atoms. The van der Waals surface area contributed by atoms with E-state index in [1.807, 2.05) is 27.2 Å². The van der Waals surface area contributed by atoms with Gasteiger partial charge < -0.3 is 28.8 Å². The zero-order chi connectivity index (χ0) is 52.7. The van der Waals surface area contributed by atoms with Crippen LogP contribution < -0.4 is 10.2 Å². The minimum atomic E-state index is -4.60. The summed E-state index contributed by atoms with van der Waals surface area (Å²) in [7, 11) is 1.25. The number of unbranched alkanes of at least 4 members (excludes halogenated alkanes) is 38. The molecule has 0 fully saturated rings. The standard InChI is InChI=1S/C63H121N2O6P/c1-6-8-10-12-14-16-18-19-20-21-22-23-24-25-26-27-28-29-30-31-32-33-34-35-36-37-38-39-40-41-42-43-44-45-47-49-51-53-55-57-63(67)64-61(60-71-72(68,69)70-59-58-65(3,4)5)62(66)56-54-52-50-48-46-17-15-13-11-9-7-2/h18-19,21-22,46,48,54,56,61-62,66H,6-17,20,23-45,47,49-53,55,57-60H2,1-5H3,(H-,64,67,68,69)/b19-18-,22-21-,48-46+,56-54+. The molecule has 2 N–H and O–H groups in total. The first kappa shape index (κ1) is 70.5. The van der Waals surface area contributed by atoms with E-state index in [1.165, 1.54) is 231 Å². The Labute approximate surface area is 448 Å². The third kappa shape index (κ3) is 56.2. The summed E-state index contributed by atoms with van der Waals surface area (Å²) in [4.78, 5) is 25.4. The number of nitrogens with one attached hydrogen (secondary N) is 1. The summed E-state index contributed by atoms with van der Waals surface area (Å²) in [6.07, 6.45) is 72.4. The number of aliphatic hydroxyl groups is 1. The second-order valence-corrected chi connectivity index (χ2v) is 23.8. The van der Waals surface area contributed by atoms with E-state index in [9.17, 15) is 19.4 Å². The number of likely N-dealkylation sites (N-methyl/N-ethyl adjacent to an activating group) is 1. The van der Waals surface area contributed by atoms with Crippen molar-refractivity contribution in [3.05, 3.63) is 48.6 Å². The van der Waals surface area contributed by atoms with Crippen LogP contribution in [0, 0.1) is 0 Å². The van der Waals surface area contributed by atoms with Crippen molar-refractivity contribution in [2.24, 2.45) is 0 Å². The Kier molecular flexibility index (Phi) is 53.1. The van der Waals surface area contributed by atoms with Gasteiger partial charge >= 0.3 is 0 Å². The summed E-state index contributed by atoms with van der Waals surface area (Å²) in [5, 5.41) is 13.8. The summed E-state index contributed by atoms with van der Waals surface area (Å²) < 4.78 is 23.3. The molecule has 3 unspecified atom stereocenters. The summed E-state index contributed by atoms with van der Waals surface area (Å²) in [5.74, 6) is -0.204. The number of allylic oxidation sites excluding steroid dienone is 7. The average molecular weight is 1030 g/mol. The number of quaternary nitrogens is 1. The van der Waals surface area contributed by atoms with E-state index >= 15 is 0 Å². The van der Waals surface area contributed by atoms with Crippen LogP contribution in [0.15, 0.2) is 48.6 Å². The Morgan fingerprint density at radius 2 is 0.819 bits per heavy atom. The van der Waals surface area contributed by atoms with Gasteiger partial charge in [-0.05, 0) is 64.2 Å². The van der Waals surface area contributed by atoms with Crippen LogP contribution in [-0.2, 0) is 18.4 Å². The molecule has 0 radical (unpaired) electrons. The molecule has 0 aromatic rings. The number of carbonyl (C=O) groups excluding carboxylic acids is 1. The van der Waals surface area contributed by atoms with Crippen molar-refractivity contribution < 1.29 is 32.9 Å². The van der Waals surface area contributed by atoms with Crippen molar-refractivity contribution in [1.82, 2.24) is 5.32 Å². The highest BCUT2D eigenvalue weighted by Gasteiger charge is 2.23. The molecule has 0 rings (SSSR count). The van der Waals surface area contributed by atoms with Crippen LogP contribution in [0.2, 0.25) is 0 Å². The summed E-state index contributed by atoms with van der Waals surface area (Å²) >= 11 is 0. The number of nitrogens with zero attached hydrogens (tertiary/aromatic N) is 1. The molecule has 0 saturated carbocycles. The molecular formula is C63H121N2O6P. The molecular weight excluding hydrogens is 912 g/mol. The molecule has 0 aromatic carbocycles. The Morgan fingerprint density at radius 3 is 1.21 bits per heavy atom. The lowest BCUT2D eigenvalue weighted by Crippen LogP contribution is -2.45. The van der Waals surface area contributed by atoms with E-state index in [4.69, 9.17) is 9.05 Å². The van der Waals surface area contributed by atoms with Gasteiger partial charge in [-0.3, -0.25) is 9.36 Å². The SMILES string of the molecule is CCCCCCC/C=C\C/C=C\CCCCCCCCCCCCCCCCCCCCCCCCCCCCCC(=O)NC(COP(=O)([O-])OCC[N+](C)(C)C)C(O)/C=C/CC/C=C/CCCCCCC. The number of hydrogen-bond donors (Lipinski definition) is 2. The largest absolute Gasteiger partial charge is 0.756 e. The molecule has 0 aliphatic heterocycles. The van der Waals surface area contributed by atoms with Crippen LogP contribution in [0.3, 0.4) is 0 Å². The number of amides is 1. The quantitative estimate of drug-likeness (QED) is 0.0272. The lowest BCUT2D eigenvalue weighted by Gasteiger charge is -2.29. The lowest BCUT2D eigenvalue weighted by atomic mass is 10.0. The molecule has 0 aliphatic carbocycles. The van der Waals surface area contributed by atoms with Crippen LogP contribution in [0.1, 0.15) is 296 Å². The van der Waals surface area contributed by atoms with E-state index in [1.54, 1.807) is 6.08 Å². The number of phosphoric acid groups is 1. The molecule has 0 saturated heterocycles. The molecule has 424 valence electrons. The Bertz CT molecular complexity index is 1310. The molecule has 9 heteroatoms. The monoisotopic (exact) mass is 1030 g/mol. The molecule has 0 aromatic heterocycles. The number of phosphoric ester groups is 1. The molecule has 0 spiro atoms. The first-order chi connectivity index (χ1) is 35.0. The predicted molar refractivity (Wildman–Crippen MR) is 311 cm³/mol. The lowest BCUT2D eigenvalue weighted by molar-refractivity contribution is -0.870. The van der Waals surface area contributed by atoms with E-state index in [0.717, 1.165) is 44.9 Å². The van der Waals surface area contributed by atoms with Gasteiger partial charge in [-0.25, -0.2) is 0 Å². The highest BCUT2D eigenvalue weighted by molar-refractivity contribution is 7.45. The first-order valence-electron chi connectivity index (χ1n) is 31.0. The van der Waals surface area contributed by atoms with Crippen LogP contribution in [0.25, 0.3) is 0 Å². The summed E-state index contributed by atoms with van der Waals surface area (Å²) in [6.45, 7) is 4.61. The second-order valence-electron chi connectivity index (χ2n) is 22.4. The van der Waals surface area contributed by atoms with Gasteiger partial charge in [-0.1, -0.05) is 274 Å². The fourth-order valence-electron chi connectivity index (χ4n) is 9.14. The normalized spacial score (nSPS) is 14.2. The third-order valence-electron chi connectivity index (χ3n) is 14.0. The summed E-state index contributed by atoms with van der Waals surface area (Å²) in [6, 6.07) is -0.900. The molecule has 3 atom stereocenters. The number of carbonyl (C=O) groups is 1. The van der Waals surface area contributed by atoms with Crippen LogP contribution in [0.5, 0.6) is 0 Å². The van der Waals surface area contributed by atoms with Crippen molar-refractivity contribution in [3.8, 4) is 0 Å². The highest BCUT2D eigenvalue weighted by atomic mass is 31.2. The van der Waals surface area contributed by atoms with Gasteiger partial charge in [0.1, 0.15) is 13.2 Å². The molecule has 72 heavy (non-hydrogen) atoms. The molecule has 0 heterocycles. The minimum absolute atomic E-state index is 0.00541. The maximum Gasteiger partial charge on any atom is 0.268 e. The smallest absolute Gasteiger partial charge is 0.268 e. The van der Waals surface area contributed by atoms with Gasteiger partial charge in [0.05, 0.1) is 39.9 Å². The maximum atomic E-state index is 12.9. The van der Waals surface area contributed by atoms with E-state index in [0.29, 0.717) is 17.4 Å². The second kappa shape index (κ2) is 54.3. The topological polar surface area (TPSA) is 108 Å². The van der Waals surface area contributed by atoms with Crippen LogP contribution in [0.4, 0.5) is 0 Å². The molecule has 0 aliphatic rings. The van der Waals surface area contributed by atoms with E-state index < -0.39 is 26.6 Å². The van der Waals surface area contributed by atoms with Gasteiger partial charge in [0, 0.05) is 6.42 Å². The number of aliphatic hydroxyl groups excluding tert-OH is 1. The molecule has 8 nitrogen and oxygen atoms in total. The fraction of sp³-hybridized carbons (Fsp3) is 0.857. The van der Waals surface area contributed by atoms with Crippen molar-refractivity contribution in [2.75, 3.05) is 40.9 Å². The highest BCUT2D eigenvalue weighted by Crippen LogP contribution is 2.38. The average Bonchev–Trinajstić information content (AvgIpc) is 3.34. The van der Waals surface area contributed by atoms with Gasteiger partial charge in [0.15, 0.2) is 0 Å². The third-order valence-corrected chi connectivity index (χ3v) is 15.0.